The predicted octanol–water partition coefficient (Wildman–Crippen LogP) is 3.87. The van der Waals surface area contributed by atoms with Crippen LogP contribution in [0.5, 0.6) is 0 Å². The van der Waals surface area contributed by atoms with Crippen molar-refractivity contribution < 1.29 is 13.6 Å². The first kappa shape index (κ1) is 15.0. The summed E-state index contributed by atoms with van der Waals surface area (Å²) in [4.78, 5) is 12.3. The molecule has 0 unspecified atom stereocenters. The first-order valence-electron chi connectivity index (χ1n) is 7.35. The van der Waals surface area contributed by atoms with Crippen molar-refractivity contribution >= 4 is 5.91 Å². The molecule has 1 atom stereocenters. The van der Waals surface area contributed by atoms with Crippen LogP contribution in [0.1, 0.15) is 22.9 Å². The molecule has 1 heterocycles. The van der Waals surface area contributed by atoms with E-state index >= 15 is 0 Å². The van der Waals surface area contributed by atoms with Crippen molar-refractivity contribution in [2.75, 3.05) is 0 Å². The van der Waals surface area contributed by atoms with Gasteiger partial charge in [-0.25, -0.2) is 4.39 Å². The molecule has 1 amide bonds. The van der Waals surface area contributed by atoms with E-state index in [1.807, 2.05) is 30.3 Å². The van der Waals surface area contributed by atoms with Crippen molar-refractivity contribution in [1.29, 1.82) is 0 Å². The lowest BCUT2D eigenvalue weighted by Gasteiger charge is -2.17. The summed E-state index contributed by atoms with van der Waals surface area (Å²) in [6.45, 7) is 0. The Balaban J connectivity index is 1.79. The molecule has 0 bridgehead atoms. The number of carbonyl (C=O) groups is 1. The van der Waals surface area contributed by atoms with Gasteiger partial charge in [-0.05, 0) is 29.3 Å². The molecular weight excluding hydrogens is 293 g/mol. The topological polar surface area (TPSA) is 42.2 Å². The van der Waals surface area contributed by atoms with Crippen molar-refractivity contribution in [3.05, 3.63) is 95.7 Å². The summed E-state index contributed by atoms with van der Waals surface area (Å²) >= 11 is 0. The summed E-state index contributed by atoms with van der Waals surface area (Å²) in [6.07, 6.45) is 1.55. The minimum atomic E-state index is -0.398. The van der Waals surface area contributed by atoms with Crippen molar-refractivity contribution in [2.45, 2.75) is 12.5 Å². The average molecular weight is 309 g/mol. The quantitative estimate of drug-likeness (QED) is 0.777. The Hall–Kier alpha value is -2.88. The van der Waals surface area contributed by atoms with Crippen LogP contribution < -0.4 is 5.32 Å². The normalized spacial score (nSPS) is 11.9. The minimum absolute atomic E-state index is 0.0171. The third kappa shape index (κ3) is 3.66. The molecule has 0 aliphatic carbocycles. The highest BCUT2D eigenvalue weighted by atomic mass is 19.1. The third-order valence-electron chi connectivity index (χ3n) is 3.57. The Kier molecular flexibility index (Phi) is 4.52. The van der Waals surface area contributed by atoms with Gasteiger partial charge < -0.3 is 9.73 Å². The first-order valence-corrected chi connectivity index (χ1v) is 7.35. The highest BCUT2D eigenvalue weighted by Crippen LogP contribution is 2.22. The second kappa shape index (κ2) is 6.92. The van der Waals surface area contributed by atoms with Crippen LogP contribution in [0.15, 0.2) is 77.4 Å². The van der Waals surface area contributed by atoms with Crippen LogP contribution in [0.3, 0.4) is 0 Å². The molecule has 0 saturated carbocycles. The van der Waals surface area contributed by atoms with E-state index in [0.717, 1.165) is 5.56 Å². The monoisotopic (exact) mass is 309 g/mol. The summed E-state index contributed by atoms with van der Waals surface area (Å²) in [6, 6.07) is 19.0. The van der Waals surface area contributed by atoms with Gasteiger partial charge in [-0.3, -0.25) is 4.79 Å². The number of carbonyl (C=O) groups excluding carboxylic acids is 1. The van der Waals surface area contributed by atoms with E-state index in [9.17, 15) is 9.18 Å². The van der Waals surface area contributed by atoms with Crippen LogP contribution in [0.25, 0.3) is 0 Å². The molecular formula is C19H16FNO2. The fourth-order valence-corrected chi connectivity index (χ4v) is 2.45. The Labute approximate surface area is 133 Å². The molecule has 3 aromatic rings. The zero-order valence-corrected chi connectivity index (χ0v) is 12.4. The number of hydrogen-bond acceptors (Lipinski definition) is 2. The molecule has 0 fully saturated rings. The SMILES string of the molecule is O=C(Cc1ccccc1F)N[C@H](c1ccccc1)c1ccco1. The lowest BCUT2D eigenvalue weighted by atomic mass is 10.0. The lowest BCUT2D eigenvalue weighted by Crippen LogP contribution is -2.30. The van der Waals surface area contributed by atoms with Gasteiger partial charge >= 0.3 is 0 Å². The van der Waals surface area contributed by atoms with Gasteiger partial charge in [-0.2, -0.15) is 0 Å². The van der Waals surface area contributed by atoms with Gasteiger partial charge in [0, 0.05) is 0 Å². The number of halogens is 1. The second-order valence-electron chi connectivity index (χ2n) is 5.19. The van der Waals surface area contributed by atoms with Crippen LogP contribution >= 0.6 is 0 Å². The number of amides is 1. The van der Waals surface area contributed by atoms with Gasteiger partial charge in [0.2, 0.25) is 5.91 Å². The summed E-state index contributed by atoms with van der Waals surface area (Å²) in [7, 11) is 0. The molecule has 1 aromatic heterocycles. The van der Waals surface area contributed by atoms with E-state index in [1.54, 1.807) is 36.6 Å². The molecule has 3 rings (SSSR count). The molecule has 0 aliphatic rings. The van der Waals surface area contributed by atoms with Gasteiger partial charge in [0.25, 0.3) is 0 Å². The number of furan rings is 1. The predicted molar refractivity (Wildman–Crippen MR) is 85.2 cm³/mol. The number of nitrogens with one attached hydrogen (secondary N) is 1. The van der Waals surface area contributed by atoms with Crippen molar-refractivity contribution in [1.82, 2.24) is 5.32 Å². The molecule has 2 aromatic carbocycles. The van der Waals surface area contributed by atoms with E-state index in [1.165, 1.54) is 6.07 Å². The van der Waals surface area contributed by atoms with Gasteiger partial charge in [-0.15, -0.1) is 0 Å². The first-order chi connectivity index (χ1) is 11.2. The minimum Gasteiger partial charge on any atom is -0.467 e. The van der Waals surface area contributed by atoms with Crippen LogP contribution in [-0.4, -0.2) is 5.91 Å². The molecule has 3 nitrogen and oxygen atoms in total. The Bertz CT molecular complexity index is 769. The van der Waals surface area contributed by atoms with E-state index in [-0.39, 0.29) is 18.1 Å². The number of hydrogen-bond donors (Lipinski definition) is 1. The summed E-state index contributed by atoms with van der Waals surface area (Å²) in [5, 5.41) is 2.91. The zero-order valence-electron chi connectivity index (χ0n) is 12.4. The van der Waals surface area contributed by atoms with Crippen LogP contribution in [0, 0.1) is 5.82 Å². The van der Waals surface area contributed by atoms with Crippen LogP contribution in [-0.2, 0) is 11.2 Å². The Morgan fingerprint density at radius 1 is 1.00 bits per heavy atom. The highest BCUT2D eigenvalue weighted by Gasteiger charge is 2.19. The fraction of sp³-hybridized carbons (Fsp3) is 0.105. The number of benzene rings is 2. The smallest absolute Gasteiger partial charge is 0.225 e. The van der Waals surface area contributed by atoms with Crippen molar-refractivity contribution in [3.63, 3.8) is 0 Å². The molecule has 0 aliphatic heterocycles. The average Bonchev–Trinajstić information content (AvgIpc) is 3.10. The maximum atomic E-state index is 13.7. The van der Waals surface area contributed by atoms with Crippen LogP contribution in [0.4, 0.5) is 4.39 Å². The fourth-order valence-electron chi connectivity index (χ4n) is 2.45. The largest absolute Gasteiger partial charge is 0.467 e. The van der Waals surface area contributed by atoms with Gasteiger partial charge in [0.1, 0.15) is 17.6 Å². The maximum absolute atomic E-state index is 13.7. The molecule has 0 spiro atoms. The maximum Gasteiger partial charge on any atom is 0.225 e. The van der Waals surface area contributed by atoms with Gasteiger partial charge in [0.15, 0.2) is 0 Å². The molecule has 1 N–H and O–H groups in total. The molecule has 4 heteroatoms. The second-order valence-corrected chi connectivity index (χ2v) is 5.19. The van der Waals surface area contributed by atoms with Crippen LogP contribution in [0.2, 0.25) is 0 Å². The summed E-state index contributed by atoms with van der Waals surface area (Å²) in [5.41, 5.74) is 1.28. The van der Waals surface area contributed by atoms with Gasteiger partial charge in [0.05, 0.1) is 12.7 Å². The van der Waals surface area contributed by atoms with E-state index in [0.29, 0.717) is 11.3 Å². The lowest BCUT2D eigenvalue weighted by molar-refractivity contribution is -0.121. The standard InChI is InChI=1S/C19H16FNO2/c20-16-10-5-4-9-15(16)13-18(22)21-19(17-11-6-12-23-17)14-7-2-1-3-8-14/h1-12,19H,13H2,(H,21,22)/t19-/m1/s1. The highest BCUT2D eigenvalue weighted by molar-refractivity contribution is 5.79. The Morgan fingerprint density at radius 3 is 2.43 bits per heavy atom. The van der Waals surface area contributed by atoms with Gasteiger partial charge in [-0.1, -0.05) is 48.5 Å². The third-order valence-corrected chi connectivity index (χ3v) is 3.57. The molecule has 0 saturated heterocycles. The van der Waals surface area contributed by atoms with E-state index in [4.69, 9.17) is 4.42 Å². The molecule has 0 radical (unpaired) electrons. The van der Waals surface area contributed by atoms with Crippen molar-refractivity contribution in [3.8, 4) is 0 Å². The van der Waals surface area contributed by atoms with E-state index in [2.05, 4.69) is 5.32 Å². The molecule has 23 heavy (non-hydrogen) atoms. The summed E-state index contributed by atoms with van der Waals surface area (Å²) in [5.74, 6) is -0.00431. The van der Waals surface area contributed by atoms with E-state index < -0.39 is 6.04 Å². The zero-order chi connectivity index (χ0) is 16.1. The number of rotatable bonds is 5. The molecule has 116 valence electrons. The summed E-state index contributed by atoms with van der Waals surface area (Å²) < 4.78 is 19.1. The van der Waals surface area contributed by atoms with Crippen molar-refractivity contribution in [2.24, 2.45) is 0 Å². The Morgan fingerprint density at radius 2 is 1.74 bits per heavy atom.